The van der Waals surface area contributed by atoms with Crippen LogP contribution in [0.2, 0.25) is 0 Å². The first-order valence-electron chi connectivity index (χ1n) is 5.63. The Kier molecular flexibility index (Phi) is 4.04. The fourth-order valence-corrected chi connectivity index (χ4v) is 2.29. The fraction of sp³-hybridized carbons (Fsp3) is 0.538. The van der Waals surface area contributed by atoms with E-state index in [0.717, 1.165) is 25.6 Å². The third kappa shape index (κ3) is 3.22. The zero-order valence-electron chi connectivity index (χ0n) is 8.86. The Labute approximate surface area is 96.4 Å². The summed E-state index contributed by atoms with van der Waals surface area (Å²) in [4.78, 5) is 0. The Morgan fingerprint density at radius 1 is 1.33 bits per heavy atom. The predicted octanol–water partition coefficient (Wildman–Crippen LogP) is 3.78. The number of ether oxygens (including phenoxy) is 1. The third-order valence-electron chi connectivity index (χ3n) is 3.01. The van der Waals surface area contributed by atoms with Gasteiger partial charge in [-0.1, -0.05) is 30.3 Å². The summed E-state index contributed by atoms with van der Waals surface area (Å²) >= 11 is 6.34. The fourth-order valence-electron chi connectivity index (χ4n) is 2.02. The largest absolute Gasteiger partial charge is 0.381 e. The molecule has 1 aromatic rings. The number of rotatable bonds is 4. The summed E-state index contributed by atoms with van der Waals surface area (Å²) in [5.74, 6) is 0.731. The van der Waals surface area contributed by atoms with Gasteiger partial charge < -0.3 is 4.74 Å². The van der Waals surface area contributed by atoms with Crippen LogP contribution in [-0.4, -0.2) is 13.2 Å². The average molecular weight is 225 g/mol. The maximum atomic E-state index is 6.34. The highest BCUT2D eigenvalue weighted by molar-refractivity contribution is 6.20. The molecule has 15 heavy (non-hydrogen) atoms. The minimum atomic E-state index is 0.159. The molecular weight excluding hydrogens is 208 g/mol. The SMILES string of the molecule is ClC(CCC1CCOC1)c1ccccc1. The van der Waals surface area contributed by atoms with E-state index in [-0.39, 0.29) is 5.38 Å². The van der Waals surface area contributed by atoms with Crippen LogP contribution in [0.25, 0.3) is 0 Å². The van der Waals surface area contributed by atoms with Crippen LogP contribution in [-0.2, 0) is 4.74 Å². The highest BCUT2D eigenvalue weighted by Gasteiger charge is 2.17. The standard InChI is InChI=1S/C13H17ClO/c14-13(12-4-2-1-3-5-12)7-6-11-8-9-15-10-11/h1-5,11,13H,6-10H2. The molecule has 2 rings (SSSR count). The molecule has 0 N–H and O–H groups in total. The van der Waals surface area contributed by atoms with Crippen LogP contribution in [0.1, 0.15) is 30.2 Å². The summed E-state index contributed by atoms with van der Waals surface area (Å²) in [6, 6.07) is 10.3. The predicted molar refractivity (Wildman–Crippen MR) is 63.2 cm³/mol. The van der Waals surface area contributed by atoms with Gasteiger partial charge in [0.25, 0.3) is 0 Å². The van der Waals surface area contributed by atoms with Crippen molar-refractivity contribution in [1.82, 2.24) is 0 Å². The van der Waals surface area contributed by atoms with E-state index >= 15 is 0 Å². The molecule has 2 heteroatoms. The van der Waals surface area contributed by atoms with Crippen LogP contribution < -0.4 is 0 Å². The van der Waals surface area contributed by atoms with Crippen LogP contribution in [0.4, 0.5) is 0 Å². The van der Waals surface area contributed by atoms with E-state index in [0.29, 0.717) is 0 Å². The van der Waals surface area contributed by atoms with Crippen LogP contribution in [0.15, 0.2) is 30.3 Å². The Hall–Kier alpha value is -0.530. The first-order valence-corrected chi connectivity index (χ1v) is 6.06. The molecule has 1 fully saturated rings. The Bertz CT molecular complexity index is 280. The van der Waals surface area contributed by atoms with Gasteiger partial charge in [-0.15, -0.1) is 11.6 Å². The second-order valence-electron chi connectivity index (χ2n) is 4.19. The number of hydrogen-bond donors (Lipinski definition) is 0. The number of hydrogen-bond acceptors (Lipinski definition) is 1. The maximum Gasteiger partial charge on any atom is 0.0585 e. The van der Waals surface area contributed by atoms with Crippen LogP contribution in [0.5, 0.6) is 0 Å². The van der Waals surface area contributed by atoms with Crippen molar-refractivity contribution < 1.29 is 4.74 Å². The van der Waals surface area contributed by atoms with Gasteiger partial charge in [0.15, 0.2) is 0 Å². The molecule has 0 radical (unpaired) electrons. The molecule has 1 aliphatic heterocycles. The maximum absolute atomic E-state index is 6.34. The monoisotopic (exact) mass is 224 g/mol. The zero-order chi connectivity index (χ0) is 10.5. The van der Waals surface area contributed by atoms with Crippen molar-refractivity contribution in [2.45, 2.75) is 24.6 Å². The van der Waals surface area contributed by atoms with Crippen LogP contribution in [0, 0.1) is 5.92 Å². The quantitative estimate of drug-likeness (QED) is 0.708. The molecule has 1 aromatic carbocycles. The second-order valence-corrected chi connectivity index (χ2v) is 4.71. The van der Waals surface area contributed by atoms with Gasteiger partial charge >= 0.3 is 0 Å². The van der Waals surface area contributed by atoms with E-state index in [4.69, 9.17) is 16.3 Å². The van der Waals surface area contributed by atoms with Crippen molar-refractivity contribution >= 4 is 11.6 Å². The van der Waals surface area contributed by atoms with Gasteiger partial charge in [-0.25, -0.2) is 0 Å². The third-order valence-corrected chi connectivity index (χ3v) is 3.48. The summed E-state index contributed by atoms with van der Waals surface area (Å²) < 4.78 is 5.35. The first kappa shape index (κ1) is 11.0. The molecule has 1 heterocycles. The van der Waals surface area contributed by atoms with E-state index in [1.165, 1.54) is 18.4 Å². The Morgan fingerprint density at radius 3 is 2.80 bits per heavy atom. The highest BCUT2D eigenvalue weighted by atomic mass is 35.5. The molecule has 0 amide bonds. The van der Waals surface area contributed by atoms with Crippen molar-refractivity contribution in [3.63, 3.8) is 0 Å². The van der Waals surface area contributed by atoms with Crippen molar-refractivity contribution in [2.75, 3.05) is 13.2 Å². The van der Waals surface area contributed by atoms with Gasteiger partial charge in [0.1, 0.15) is 0 Å². The summed E-state index contributed by atoms with van der Waals surface area (Å²) in [5.41, 5.74) is 1.23. The van der Waals surface area contributed by atoms with E-state index in [1.807, 2.05) is 18.2 Å². The summed E-state index contributed by atoms with van der Waals surface area (Å²) in [6.07, 6.45) is 3.45. The lowest BCUT2D eigenvalue weighted by Gasteiger charge is -2.12. The molecule has 0 spiro atoms. The van der Waals surface area contributed by atoms with E-state index < -0.39 is 0 Å². The summed E-state index contributed by atoms with van der Waals surface area (Å²) in [5, 5.41) is 0.159. The minimum Gasteiger partial charge on any atom is -0.381 e. The van der Waals surface area contributed by atoms with Gasteiger partial charge in [0, 0.05) is 13.2 Å². The van der Waals surface area contributed by atoms with Crippen molar-refractivity contribution in [2.24, 2.45) is 5.92 Å². The van der Waals surface area contributed by atoms with Gasteiger partial charge in [-0.05, 0) is 30.7 Å². The molecule has 0 saturated carbocycles. The average Bonchev–Trinajstić information content (AvgIpc) is 2.80. The lowest BCUT2D eigenvalue weighted by molar-refractivity contribution is 0.183. The zero-order valence-corrected chi connectivity index (χ0v) is 9.62. The summed E-state index contributed by atoms with van der Waals surface area (Å²) in [6.45, 7) is 1.86. The van der Waals surface area contributed by atoms with Gasteiger partial charge in [-0.3, -0.25) is 0 Å². The molecule has 0 aliphatic carbocycles. The lowest BCUT2D eigenvalue weighted by atomic mass is 9.99. The highest BCUT2D eigenvalue weighted by Crippen LogP contribution is 2.29. The number of benzene rings is 1. The topological polar surface area (TPSA) is 9.23 Å². The number of halogens is 1. The molecule has 0 bridgehead atoms. The minimum absolute atomic E-state index is 0.159. The van der Waals surface area contributed by atoms with E-state index in [1.54, 1.807) is 0 Å². The lowest BCUT2D eigenvalue weighted by Crippen LogP contribution is -2.01. The molecule has 1 saturated heterocycles. The van der Waals surface area contributed by atoms with Crippen LogP contribution >= 0.6 is 11.6 Å². The van der Waals surface area contributed by atoms with E-state index in [9.17, 15) is 0 Å². The molecule has 2 unspecified atom stereocenters. The van der Waals surface area contributed by atoms with Crippen molar-refractivity contribution in [3.8, 4) is 0 Å². The van der Waals surface area contributed by atoms with Crippen molar-refractivity contribution in [1.29, 1.82) is 0 Å². The molecule has 0 aromatic heterocycles. The second kappa shape index (κ2) is 5.53. The molecule has 1 aliphatic rings. The molecular formula is C13H17ClO. The van der Waals surface area contributed by atoms with E-state index in [2.05, 4.69) is 12.1 Å². The molecule has 82 valence electrons. The van der Waals surface area contributed by atoms with Gasteiger partial charge in [0.05, 0.1) is 5.38 Å². The van der Waals surface area contributed by atoms with Gasteiger partial charge in [-0.2, -0.15) is 0 Å². The summed E-state index contributed by atoms with van der Waals surface area (Å²) in [7, 11) is 0. The Balaban J connectivity index is 1.79. The smallest absolute Gasteiger partial charge is 0.0585 e. The molecule has 2 atom stereocenters. The first-order chi connectivity index (χ1) is 7.36. The molecule has 1 nitrogen and oxygen atoms in total. The normalized spacial score (nSPS) is 22.9. The van der Waals surface area contributed by atoms with Crippen LogP contribution in [0.3, 0.4) is 0 Å². The number of alkyl halides is 1. The van der Waals surface area contributed by atoms with Gasteiger partial charge in [0.2, 0.25) is 0 Å². The Morgan fingerprint density at radius 2 is 2.13 bits per heavy atom. The van der Waals surface area contributed by atoms with Crippen molar-refractivity contribution in [3.05, 3.63) is 35.9 Å².